The first kappa shape index (κ1) is 39.2. The number of fused-ring (bicyclic) bond motifs is 4. The molecule has 2 atom stereocenters. The second kappa shape index (κ2) is 13.9. The van der Waals surface area contributed by atoms with E-state index in [4.69, 9.17) is 30.8 Å². The van der Waals surface area contributed by atoms with Crippen LogP contribution in [-0.2, 0) is 32.5 Å². The van der Waals surface area contributed by atoms with E-state index in [0.29, 0.717) is 64.4 Å². The fraction of sp³-hybridized carbons (Fsp3) is 0.476. The number of ether oxygens (including phenoxy) is 3. The van der Waals surface area contributed by atoms with E-state index in [-0.39, 0.29) is 46.3 Å². The lowest BCUT2D eigenvalue weighted by Gasteiger charge is -2.27. The van der Waals surface area contributed by atoms with Crippen LogP contribution in [0.15, 0.2) is 35.5 Å². The van der Waals surface area contributed by atoms with Gasteiger partial charge in [-0.3, -0.25) is 19.5 Å². The van der Waals surface area contributed by atoms with Crippen LogP contribution in [0.5, 0.6) is 0 Å². The molecule has 1 saturated carbocycles. The fourth-order valence-electron chi connectivity index (χ4n) is 8.22. The second-order valence-electron chi connectivity index (χ2n) is 17.1. The van der Waals surface area contributed by atoms with Crippen LogP contribution >= 0.6 is 11.6 Å². The fourth-order valence-corrected chi connectivity index (χ4v) is 8.48. The largest absolute Gasteiger partial charge is 0.462 e. The highest BCUT2D eigenvalue weighted by Gasteiger charge is 2.58. The maximum atomic E-state index is 16.0. The summed E-state index contributed by atoms with van der Waals surface area (Å²) in [5.74, 6) is -1.53. The van der Waals surface area contributed by atoms with Crippen molar-refractivity contribution in [1.82, 2.24) is 14.5 Å². The Balaban J connectivity index is 1.39. The first-order valence-electron chi connectivity index (χ1n) is 18.9. The predicted octanol–water partition coefficient (Wildman–Crippen LogP) is 7.86. The highest BCUT2D eigenvalue weighted by molar-refractivity contribution is 6.34. The molecule has 1 aliphatic heterocycles. The van der Waals surface area contributed by atoms with Gasteiger partial charge in [0.25, 0.3) is 0 Å². The van der Waals surface area contributed by atoms with Crippen molar-refractivity contribution in [2.45, 2.75) is 85.4 Å². The molecule has 0 bridgehead atoms. The third-order valence-electron chi connectivity index (χ3n) is 10.8. The molecule has 3 aliphatic rings. The molecular weight excluding hydrogens is 741 g/mol. The van der Waals surface area contributed by atoms with E-state index >= 15 is 4.39 Å². The zero-order chi connectivity index (χ0) is 40.6. The summed E-state index contributed by atoms with van der Waals surface area (Å²) >= 11 is 6.89. The number of amides is 1. The van der Waals surface area contributed by atoms with E-state index < -0.39 is 34.5 Å². The summed E-state index contributed by atoms with van der Waals surface area (Å²) in [5.41, 5.74) is 2.75. The monoisotopic (exact) mass is 787 g/mol. The number of nitrogens with zero attached hydrogens (tertiary/aromatic N) is 5. The SMILES string of the molecule is CCOC(=O)c1cn(C)c2ncc(-c3cnc4c(c3N3CC[C@@]5(C[C@H]5CC(=O)OC(C)(C)C)C3)-c3c(Cl)c(F)cc(N(C)C(=O)OC(C)(C)C)c3C4)cc2c1=O. The van der Waals surface area contributed by atoms with Crippen LogP contribution < -0.4 is 15.2 Å². The molecule has 1 amide bonds. The van der Waals surface area contributed by atoms with E-state index in [9.17, 15) is 19.2 Å². The molecule has 1 spiro atoms. The van der Waals surface area contributed by atoms with Gasteiger partial charge in [-0.2, -0.15) is 0 Å². The van der Waals surface area contributed by atoms with Crippen molar-refractivity contribution in [1.29, 1.82) is 0 Å². The van der Waals surface area contributed by atoms with E-state index in [1.165, 1.54) is 24.2 Å². The van der Waals surface area contributed by atoms with Gasteiger partial charge >= 0.3 is 18.0 Å². The van der Waals surface area contributed by atoms with Crippen molar-refractivity contribution in [3.05, 3.63) is 68.6 Å². The van der Waals surface area contributed by atoms with Crippen LogP contribution in [0.25, 0.3) is 33.3 Å². The van der Waals surface area contributed by atoms with Gasteiger partial charge in [-0.05, 0) is 90.3 Å². The van der Waals surface area contributed by atoms with Crippen molar-refractivity contribution >= 4 is 52.0 Å². The summed E-state index contributed by atoms with van der Waals surface area (Å²) in [7, 11) is 3.24. The highest BCUT2D eigenvalue weighted by Crippen LogP contribution is 2.62. The Morgan fingerprint density at radius 2 is 1.77 bits per heavy atom. The van der Waals surface area contributed by atoms with Gasteiger partial charge in [0.15, 0.2) is 0 Å². The number of anilines is 2. The van der Waals surface area contributed by atoms with Gasteiger partial charge in [0, 0.05) is 80.9 Å². The quantitative estimate of drug-likeness (QED) is 0.119. The number of esters is 2. The number of aromatic nitrogens is 3. The number of benzene rings is 1. The minimum Gasteiger partial charge on any atom is -0.462 e. The Morgan fingerprint density at radius 3 is 2.45 bits per heavy atom. The molecule has 12 nitrogen and oxygen atoms in total. The summed E-state index contributed by atoms with van der Waals surface area (Å²) in [6, 6.07) is 2.94. The van der Waals surface area contributed by atoms with E-state index in [2.05, 4.69) is 9.88 Å². The molecule has 1 aromatic carbocycles. The Labute approximate surface area is 329 Å². The normalized spacial score (nSPS) is 18.6. The molecule has 14 heteroatoms. The summed E-state index contributed by atoms with van der Waals surface area (Å²) in [5, 5.41) is 0.110. The van der Waals surface area contributed by atoms with E-state index in [1.54, 1.807) is 57.8 Å². The Morgan fingerprint density at radius 1 is 1.05 bits per heavy atom. The molecule has 7 rings (SSSR count). The molecule has 2 aliphatic carbocycles. The highest BCUT2D eigenvalue weighted by atomic mass is 35.5. The number of carbonyl (C=O) groups is 3. The van der Waals surface area contributed by atoms with Gasteiger partial charge in [-0.15, -0.1) is 0 Å². The van der Waals surface area contributed by atoms with Gasteiger partial charge in [-0.1, -0.05) is 11.6 Å². The van der Waals surface area contributed by atoms with Gasteiger partial charge in [0.1, 0.15) is 28.2 Å². The Kier molecular flexibility index (Phi) is 9.70. The van der Waals surface area contributed by atoms with Crippen molar-refractivity contribution in [3.63, 3.8) is 0 Å². The number of hydrogen-bond donors (Lipinski definition) is 0. The Hall–Kier alpha value is -5.04. The number of hydrogen-bond acceptors (Lipinski definition) is 10. The van der Waals surface area contributed by atoms with Gasteiger partial charge in [0.2, 0.25) is 5.43 Å². The molecule has 2 fully saturated rings. The van der Waals surface area contributed by atoms with E-state index in [0.717, 1.165) is 18.5 Å². The van der Waals surface area contributed by atoms with Gasteiger partial charge in [0.05, 0.1) is 34.1 Å². The summed E-state index contributed by atoms with van der Waals surface area (Å²) in [6.45, 7) is 13.8. The molecule has 296 valence electrons. The van der Waals surface area contributed by atoms with Crippen molar-refractivity contribution in [2.24, 2.45) is 18.4 Å². The first-order valence-corrected chi connectivity index (χ1v) is 19.2. The van der Waals surface area contributed by atoms with Gasteiger partial charge < -0.3 is 23.7 Å². The zero-order valence-corrected chi connectivity index (χ0v) is 34.0. The third-order valence-corrected chi connectivity index (χ3v) is 11.1. The number of rotatable bonds is 7. The minimum atomic E-state index is -0.784. The minimum absolute atomic E-state index is 0.104. The second-order valence-corrected chi connectivity index (χ2v) is 17.5. The number of carbonyl (C=O) groups excluding carboxylic acids is 3. The summed E-state index contributed by atoms with van der Waals surface area (Å²) in [6.07, 6.45) is 6.39. The predicted molar refractivity (Wildman–Crippen MR) is 212 cm³/mol. The molecule has 4 heterocycles. The lowest BCUT2D eigenvalue weighted by atomic mass is 9.97. The molecular formula is C42H47ClFN5O7. The topological polar surface area (TPSA) is 133 Å². The van der Waals surface area contributed by atoms with Crippen LogP contribution in [0.3, 0.4) is 0 Å². The molecule has 1 saturated heterocycles. The number of pyridine rings is 3. The molecule has 0 N–H and O–H groups in total. The summed E-state index contributed by atoms with van der Waals surface area (Å²) < 4.78 is 34.1. The standard InChI is InChI=1S/C42H47ClFN5O7/c1-10-54-38(52)27-20-47(8)37-25(36(27)51)13-22(18-46-37)26-19-45-29-15-24-30(48(9)39(53)56-41(5,6)7)16-28(44)34(43)32(24)33(29)35(26)49-12-11-42(21-49)17-23(42)14-31(50)55-40(2,3)4/h13,16,18-20,23H,10-12,14-15,17,21H2,1-9H3/t23-,42-/m1/s1. The maximum Gasteiger partial charge on any atom is 0.414 e. The lowest BCUT2D eigenvalue weighted by Crippen LogP contribution is -2.34. The smallest absolute Gasteiger partial charge is 0.414 e. The average Bonchev–Trinajstić information content (AvgIpc) is 3.39. The lowest BCUT2D eigenvalue weighted by molar-refractivity contribution is -0.155. The molecule has 0 radical (unpaired) electrons. The molecule has 56 heavy (non-hydrogen) atoms. The number of halogens is 2. The van der Waals surface area contributed by atoms with Crippen LogP contribution in [0, 0.1) is 17.2 Å². The third kappa shape index (κ3) is 7.10. The van der Waals surface area contributed by atoms with Crippen LogP contribution in [0.1, 0.15) is 89.3 Å². The van der Waals surface area contributed by atoms with E-state index in [1.807, 2.05) is 20.8 Å². The Bertz CT molecular complexity index is 2380. The summed E-state index contributed by atoms with van der Waals surface area (Å²) in [4.78, 5) is 65.8. The number of aryl methyl sites for hydroxylation is 1. The van der Waals surface area contributed by atoms with Crippen LogP contribution in [0.4, 0.5) is 20.6 Å². The van der Waals surface area contributed by atoms with Gasteiger partial charge in [-0.25, -0.2) is 19.0 Å². The zero-order valence-electron chi connectivity index (χ0n) is 33.3. The first-order chi connectivity index (χ1) is 26.2. The van der Waals surface area contributed by atoms with Crippen molar-refractivity contribution in [3.8, 4) is 22.3 Å². The maximum absolute atomic E-state index is 16.0. The van der Waals surface area contributed by atoms with Crippen LogP contribution in [0.2, 0.25) is 5.02 Å². The van der Waals surface area contributed by atoms with Crippen LogP contribution in [-0.4, -0.2) is 70.5 Å². The molecule has 0 unspecified atom stereocenters. The average molecular weight is 788 g/mol. The molecule has 4 aromatic rings. The molecule has 3 aromatic heterocycles. The van der Waals surface area contributed by atoms with Crippen molar-refractivity contribution < 1.29 is 33.0 Å². The van der Waals surface area contributed by atoms with Crippen molar-refractivity contribution in [2.75, 3.05) is 36.5 Å².